The summed E-state index contributed by atoms with van der Waals surface area (Å²) < 4.78 is 0. The molecular formula is C12H17N3S2. The van der Waals surface area contributed by atoms with E-state index in [9.17, 15) is 0 Å². The van der Waals surface area contributed by atoms with E-state index < -0.39 is 0 Å². The first kappa shape index (κ1) is 12.6. The molecule has 0 amide bonds. The molecule has 1 heterocycles. The van der Waals surface area contributed by atoms with Crippen molar-refractivity contribution in [3.63, 3.8) is 0 Å². The number of thioether (sulfide) groups is 1. The second kappa shape index (κ2) is 5.69. The van der Waals surface area contributed by atoms with Crippen molar-refractivity contribution < 1.29 is 0 Å². The molecule has 92 valence electrons. The largest absolute Gasteiger partial charge is 0.389 e. The molecule has 3 nitrogen and oxygen atoms in total. The first-order chi connectivity index (χ1) is 8.20. The zero-order valence-corrected chi connectivity index (χ0v) is 11.5. The number of nitrogens with one attached hydrogen (secondary N) is 1. The van der Waals surface area contributed by atoms with Crippen LogP contribution < -0.4 is 11.1 Å². The summed E-state index contributed by atoms with van der Waals surface area (Å²) in [6.07, 6.45) is 7.73. The van der Waals surface area contributed by atoms with Crippen LogP contribution in [0.15, 0.2) is 18.3 Å². The van der Waals surface area contributed by atoms with Crippen molar-refractivity contribution in [2.45, 2.75) is 30.6 Å². The Morgan fingerprint density at radius 3 is 2.94 bits per heavy atom. The van der Waals surface area contributed by atoms with E-state index in [1.165, 1.54) is 19.3 Å². The fourth-order valence-electron chi connectivity index (χ4n) is 2.19. The monoisotopic (exact) mass is 267 g/mol. The maximum absolute atomic E-state index is 5.54. The maximum atomic E-state index is 5.54. The van der Waals surface area contributed by atoms with E-state index in [4.69, 9.17) is 18.0 Å². The molecule has 1 fully saturated rings. The van der Waals surface area contributed by atoms with Crippen LogP contribution in [0.5, 0.6) is 0 Å². The van der Waals surface area contributed by atoms with Crippen molar-refractivity contribution in [1.82, 2.24) is 4.98 Å². The standard InChI is InChI=1S/C12H17N3S2/c1-17-10-4-2-3-9(10)15-11-6-5-8(7-14-11)12(13)16/h5-7,9-10H,2-4H2,1H3,(H2,13,16)(H,14,15). The van der Waals surface area contributed by atoms with Gasteiger partial charge in [-0.15, -0.1) is 0 Å². The van der Waals surface area contributed by atoms with Crippen LogP contribution in [0.25, 0.3) is 0 Å². The van der Waals surface area contributed by atoms with Crippen molar-refractivity contribution in [3.05, 3.63) is 23.9 Å². The highest BCUT2D eigenvalue weighted by molar-refractivity contribution is 7.99. The highest BCUT2D eigenvalue weighted by Gasteiger charge is 2.26. The molecule has 1 saturated carbocycles. The van der Waals surface area contributed by atoms with Gasteiger partial charge in [-0.3, -0.25) is 0 Å². The first-order valence-corrected chi connectivity index (χ1v) is 7.45. The van der Waals surface area contributed by atoms with Crippen LogP contribution >= 0.6 is 24.0 Å². The number of hydrogen-bond donors (Lipinski definition) is 2. The lowest BCUT2D eigenvalue weighted by atomic mass is 10.2. The van der Waals surface area contributed by atoms with Crippen molar-refractivity contribution >= 4 is 34.8 Å². The summed E-state index contributed by atoms with van der Waals surface area (Å²) in [4.78, 5) is 4.74. The summed E-state index contributed by atoms with van der Waals surface area (Å²) >= 11 is 6.84. The second-order valence-corrected chi connectivity index (χ2v) is 5.77. The van der Waals surface area contributed by atoms with Crippen LogP contribution in [0.2, 0.25) is 0 Å². The molecule has 0 aromatic carbocycles. The molecule has 1 aliphatic rings. The average molecular weight is 267 g/mol. The Hall–Kier alpha value is -0.810. The van der Waals surface area contributed by atoms with Crippen LogP contribution in [0.1, 0.15) is 24.8 Å². The Morgan fingerprint density at radius 1 is 1.53 bits per heavy atom. The summed E-state index contributed by atoms with van der Waals surface area (Å²) in [7, 11) is 0. The number of nitrogens with zero attached hydrogens (tertiary/aromatic N) is 1. The third-order valence-electron chi connectivity index (χ3n) is 3.14. The number of anilines is 1. The quantitative estimate of drug-likeness (QED) is 0.821. The van der Waals surface area contributed by atoms with Gasteiger partial charge in [0.05, 0.1) is 0 Å². The number of thiocarbonyl (C=S) groups is 1. The van der Waals surface area contributed by atoms with Gasteiger partial charge in [-0.2, -0.15) is 11.8 Å². The van der Waals surface area contributed by atoms with Gasteiger partial charge in [-0.1, -0.05) is 18.6 Å². The van der Waals surface area contributed by atoms with E-state index in [0.29, 0.717) is 16.3 Å². The number of rotatable bonds is 4. The van der Waals surface area contributed by atoms with Gasteiger partial charge >= 0.3 is 0 Å². The number of pyridine rings is 1. The molecule has 0 radical (unpaired) electrons. The van der Waals surface area contributed by atoms with Crippen LogP contribution in [-0.4, -0.2) is 27.5 Å². The van der Waals surface area contributed by atoms with E-state index in [-0.39, 0.29) is 0 Å². The van der Waals surface area contributed by atoms with Gasteiger partial charge in [0.1, 0.15) is 10.8 Å². The lowest BCUT2D eigenvalue weighted by molar-refractivity contribution is 0.763. The summed E-state index contributed by atoms with van der Waals surface area (Å²) in [6.45, 7) is 0. The lowest BCUT2D eigenvalue weighted by Gasteiger charge is -2.19. The Bertz CT molecular complexity index is 391. The van der Waals surface area contributed by atoms with Gasteiger partial charge in [-0.25, -0.2) is 4.98 Å². The van der Waals surface area contributed by atoms with Gasteiger partial charge in [0, 0.05) is 23.1 Å². The molecule has 1 aromatic heterocycles. The molecule has 0 aliphatic heterocycles. The molecule has 2 rings (SSSR count). The van der Waals surface area contributed by atoms with Crippen LogP contribution in [0.3, 0.4) is 0 Å². The Labute approximate surface area is 112 Å². The lowest BCUT2D eigenvalue weighted by Crippen LogP contribution is -2.26. The van der Waals surface area contributed by atoms with Crippen LogP contribution in [0, 0.1) is 0 Å². The van der Waals surface area contributed by atoms with Crippen LogP contribution in [0.4, 0.5) is 5.82 Å². The predicted molar refractivity (Wildman–Crippen MR) is 78.7 cm³/mol. The first-order valence-electron chi connectivity index (χ1n) is 5.76. The minimum absolute atomic E-state index is 0.395. The highest BCUT2D eigenvalue weighted by Crippen LogP contribution is 2.30. The van der Waals surface area contributed by atoms with E-state index >= 15 is 0 Å². The summed E-state index contributed by atoms with van der Waals surface area (Å²) in [5, 5.41) is 4.19. The maximum Gasteiger partial charge on any atom is 0.126 e. The average Bonchev–Trinajstić information content (AvgIpc) is 2.77. The Morgan fingerprint density at radius 2 is 2.35 bits per heavy atom. The molecule has 0 bridgehead atoms. The van der Waals surface area contributed by atoms with Crippen molar-refractivity contribution in [2.24, 2.45) is 5.73 Å². The molecule has 2 atom stereocenters. The van der Waals surface area contributed by atoms with Crippen LogP contribution in [-0.2, 0) is 0 Å². The Balaban J connectivity index is 2.01. The number of hydrogen-bond acceptors (Lipinski definition) is 4. The van der Waals surface area contributed by atoms with E-state index in [1.54, 1.807) is 6.20 Å². The molecule has 3 N–H and O–H groups in total. The fraction of sp³-hybridized carbons (Fsp3) is 0.500. The van der Waals surface area contributed by atoms with Crippen molar-refractivity contribution in [1.29, 1.82) is 0 Å². The van der Waals surface area contributed by atoms with Gasteiger partial charge in [-0.05, 0) is 31.2 Å². The van der Waals surface area contributed by atoms with Crippen molar-refractivity contribution in [2.75, 3.05) is 11.6 Å². The van der Waals surface area contributed by atoms with E-state index in [2.05, 4.69) is 16.6 Å². The van der Waals surface area contributed by atoms with Gasteiger partial charge in [0.25, 0.3) is 0 Å². The predicted octanol–water partition coefficient (Wildman–Crippen LogP) is 2.41. The minimum atomic E-state index is 0.395. The second-order valence-electron chi connectivity index (χ2n) is 4.25. The normalized spacial score (nSPS) is 23.6. The molecule has 0 spiro atoms. The Kier molecular flexibility index (Phi) is 4.23. The summed E-state index contributed by atoms with van der Waals surface area (Å²) in [5.74, 6) is 0.913. The zero-order valence-electron chi connectivity index (χ0n) is 9.85. The van der Waals surface area contributed by atoms with E-state index in [0.717, 1.165) is 11.4 Å². The SMILES string of the molecule is CSC1CCCC1Nc1ccc(C(N)=S)cn1. The summed E-state index contributed by atoms with van der Waals surface area (Å²) in [5.41, 5.74) is 6.36. The molecule has 2 unspecified atom stereocenters. The fourth-order valence-corrected chi connectivity index (χ4v) is 3.24. The molecule has 0 saturated heterocycles. The third kappa shape index (κ3) is 3.10. The molecule has 1 aromatic rings. The number of nitrogens with two attached hydrogens (primary N) is 1. The minimum Gasteiger partial charge on any atom is -0.389 e. The molecule has 17 heavy (non-hydrogen) atoms. The number of aromatic nitrogens is 1. The van der Waals surface area contributed by atoms with Gasteiger partial charge in [0.2, 0.25) is 0 Å². The van der Waals surface area contributed by atoms with Gasteiger partial charge in [0.15, 0.2) is 0 Å². The molecular weight excluding hydrogens is 250 g/mol. The summed E-state index contributed by atoms with van der Waals surface area (Å²) in [6, 6.07) is 4.40. The highest BCUT2D eigenvalue weighted by atomic mass is 32.2. The van der Waals surface area contributed by atoms with E-state index in [1.807, 2.05) is 23.9 Å². The molecule has 1 aliphatic carbocycles. The third-order valence-corrected chi connectivity index (χ3v) is 4.54. The topological polar surface area (TPSA) is 50.9 Å². The molecule has 5 heteroatoms. The smallest absolute Gasteiger partial charge is 0.126 e. The van der Waals surface area contributed by atoms with Crippen molar-refractivity contribution in [3.8, 4) is 0 Å². The zero-order chi connectivity index (χ0) is 12.3. The van der Waals surface area contributed by atoms with Gasteiger partial charge < -0.3 is 11.1 Å².